The summed E-state index contributed by atoms with van der Waals surface area (Å²) < 4.78 is 0. The molecule has 2 unspecified atom stereocenters. The van der Waals surface area contributed by atoms with Crippen molar-refractivity contribution in [3.63, 3.8) is 0 Å². The summed E-state index contributed by atoms with van der Waals surface area (Å²) in [6.07, 6.45) is 56.0. The molecule has 0 radical (unpaired) electrons. The monoisotopic (exact) mass is 718 g/mol. The molecule has 0 aliphatic carbocycles. The molecule has 4 nitrogen and oxygen atoms in total. The number of aliphatic hydroxyl groups is 2. The Morgan fingerprint density at radius 1 is 0.451 bits per heavy atom. The first kappa shape index (κ1) is 49.9. The van der Waals surface area contributed by atoms with Gasteiger partial charge in [0.15, 0.2) is 0 Å². The molecule has 51 heavy (non-hydrogen) atoms. The van der Waals surface area contributed by atoms with Crippen LogP contribution in [0.3, 0.4) is 0 Å². The molecule has 2 atom stereocenters. The maximum Gasteiger partial charge on any atom is 0.220 e. The number of carbonyl (C=O) groups excluding carboxylic acids is 1. The second-order valence-corrected chi connectivity index (χ2v) is 15.8. The van der Waals surface area contributed by atoms with Crippen LogP contribution in [0.1, 0.15) is 251 Å². The Labute approximate surface area is 319 Å². The number of allylic oxidation sites excluding steroid dienone is 3. The van der Waals surface area contributed by atoms with Gasteiger partial charge in [0.25, 0.3) is 0 Å². The van der Waals surface area contributed by atoms with Crippen LogP contribution in [0.5, 0.6) is 0 Å². The van der Waals surface area contributed by atoms with Gasteiger partial charge in [0.1, 0.15) is 0 Å². The van der Waals surface area contributed by atoms with Crippen LogP contribution in [0.15, 0.2) is 24.3 Å². The number of unbranched alkanes of at least 4 members (excludes halogenated alkanes) is 33. The third kappa shape index (κ3) is 39.9. The van der Waals surface area contributed by atoms with Gasteiger partial charge >= 0.3 is 0 Å². The number of aliphatic hydroxyl groups excluding tert-OH is 2. The summed E-state index contributed by atoms with van der Waals surface area (Å²) in [6, 6.07) is -0.633. The van der Waals surface area contributed by atoms with E-state index in [0.29, 0.717) is 6.42 Å². The summed E-state index contributed by atoms with van der Waals surface area (Å²) in [6.45, 7) is 4.29. The molecule has 0 saturated heterocycles. The number of carbonyl (C=O) groups is 1. The second-order valence-electron chi connectivity index (χ2n) is 15.8. The number of nitrogens with one attached hydrogen (secondary N) is 1. The van der Waals surface area contributed by atoms with Gasteiger partial charge in [-0.05, 0) is 32.1 Å². The molecular weight excluding hydrogens is 627 g/mol. The van der Waals surface area contributed by atoms with Crippen LogP contribution in [-0.2, 0) is 4.79 Å². The zero-order chi connectivity index (χ0) is 37.1. The molecule has 0 heterocycles. The lowest BCUT2D eigenvalue weighted by Gasteiger charge is -2.19. The number of amides is 1. The van der Waals surface area contributed by atoms with Crippen LogP contribution < -0.4 is 5.32 Å². The Balaban J connectivity index is 3.48. The van der Waals surface area contributed by atoms with Crippen molar-refractivity contribution in [2.45, 2.75) is 264 Å². The maximum atomic E-state index is 12.3. The van der Waals surface area contributed by atoms with Crippen molar-refractivity contribution in [2.75, 3.05) is 6.61 Å². The van der Waals surface area contributed by atoms with Gasteiger partial charge in [0.05, 0.1) is 18.8 Å². The quantitative estimate of drug-likeness (QED) is 0.0435. The summed E-state index contributed by atoms with van der Waals surface area (Å²) in [4.78, 5) is 12.3. The Kier molecular flexibility index (Phi) is 42.3. The number of rotatable bonds is 42. The third-order valence-corrected chi connectivity index (χ3v) is 10.7. The molecule has 0 aromatic carbocycles. The minimum absolute atomic E-state index is 0.0745. The van der Waals surface area contributed by atoms with Crippen molar-refractivity contribution >= 4 is 5.91 Å². The predicted molar refractivity (Wildman–Crippen MR) is 225 cm³/mol. The fraction of sp³-hybridized carbons (Fsp3) is 0.894. The van der Waals surface area contributed by atoms with Crippen LogP contribution in [0.4, 0.5) is 0 Å². The standard InChI is InChI=1S/C47H91NO3/c1-3-5-7-9-11-13-15-16-17-18-19-20-21-22-23-24-25-26-27-28-29-30-31-32-33-34-36-38-40-42-46(50)45(44-49)48-47(51)43-41-39-37-35-14-12-10-8-6-4-2/h33-34,40,42,45-46,49-50H,3-32,35-39,41,43-44H2,1-2H3,(H,48,51)/b34-33+,42-40+. The molecule has 0 fully saturated rings. The molecule has 1 amide bonds. The minimum Gasteiger partial charge on any atom is -0.394 e. The fourth-order valence-corrected chi connectivity index (χ4v) is 7.14. The summed E-state index contributed by atoms with van der Waals surface area (Å²) in [5.74, 6) is -0.0745. The van der Waals surface area contributed by atoms with Crippen molar-refractivity contribution < 1.29 is 15.0 Å². The van der Waals surface area contributed by atoms with E-state index in [1.54, 1.807) is 6.08 Å². The van der Waals surface area contributed by atoms with E-state index in [9.17, 15) is 15.0 Å². The normalized spacial score (nSPS) is 13.1. The Morgan fingerprint density at radius 2 is 0.765 bits per heavy atom. The molecule has 0 aromatic rings. The van der Waals surface area contributed by atoms with E-state index in [0.717, 1.165) is 32.1 Å². The lowest BCUT2D eigenvalue weighted by Crippen LogP contribution is -2.45. The van der Waals surface area contributed by atoms with Crippen LogP contribution in [0, 0.1) is 0 Å². The Morgan fingerprint density at radius 3 is 1.14 bits per heavy atom. The third-order valence-electron chi connectivity index (χ3n) is 10.7. The van der Waals surface area contributed by atoms with E-state index in [4.69, 9.17) is 0 Å². The summed E-state index contributed by atoms with van der Waals surface area (Å²) in [5, 5.41) is 22.9. The van der Waals surface area contributed by atoms with E-state index < -0.39 is 12.1 Å². The summed E-state index contributed by atoms with van der Waals surface area (Å²) >= 11 is 0. The van der Waals surface area contributed by atoms with E-state index in [1.807, 2.05) is 6.08 Å². The molecule has 0 aliphatic heterocycles. The number of hydrogen-bond donors (Lipinski definition) is 3. The van der Waals surface area contributed by atoms with Crippen LogP contribution in [0.2, 0.25) is 0 Å². The predicted octanol–water partition coefficient (Wildman–Crippen LogP) is 14.4. The molecule has 0 spiro atoms. The van der Waals surface area contributed by atoms with Gasteiger partial charge in [-0.2, -0.15) is 0 Å². The molecular formula is C47H91NO3. The molecule has 0 aliphatic rings. The largest absolute Gasteiger partial charge is 0.394 e. The van der Waals surface area contributed by atoms with Gasteiger partial charge in [-0.1, -0.05) is 237 Å². The van der Waals surface area contributed by atoms with Gasteiger partial charge in [-0.15, -0.1) is 0 Å². The second kappa shape index (κ2) is 43.3. The lowest BCUT2D eigenvalue weighted by atomic mass is 10.0. The smallest absolute Gasteiger partial charge is 0.220 e. The average molecular weight is 718 g/mol. The highest BCUT2D eigenvalue weighted by Crippen LogP contribution is 2.16. The van der Waals surface area contributed by atoms with Gasteiger partial charge in [-0.3, -0.25) is 4.79 Å². The number of hydrogen-bond acceptors (Lipinski definition) is 3. The average Bonchev–Trinajstić information content (AvgIpc) is 3.13. The van der Waals surface area contributed by atoms with Crippen molar-refractivity contribution in [2.24, 2.45) is 0 Å². The fourth-order valence-electron chi connectivity index (χ4n) is 7.14. The minimum atomic E-state index is -0.857. The van der Waals surface area contributed by atoms with Gasteiger partial charge in [0.2, 0.25) is 5.91 Å². The first-order valence-electron chi connectivity index (χ1n) is 23.1. The highest BCUT2D eigenvalue weighted by atomic mass is 16.3. The van der Waals surface area contributed by atoms with Crippen LogP contribution in [0.25, 0.3) is 0 Å². The van der Waals surface area contributed by atoms with E-state index >= 15 is 0 Å². The SMILES string of the molecule is CCCCCCCCCCCCCCCCCCCCCCCCC/C=C/CC/C=C/C(O)C(CO)NC(=O)CCCCCCCCCCCC. The molecule has 0 bridgehead atoms. The van der Waals surface area contributed by atoms with Crippen LogP contribution in [-0.4, -0.2) is 34.9 Å². The van der Waals surface area contributed by atoms with Gasteiger partial charge in [0, 0.05) is 6.42 Å². The van der Waals surface area contributed by atoms with Crippen LogP contribution >= 0.6 is 0 Å². The molecule has 3 N–H and O–H groups in total. The molecule has 0 aromatic heterocycles. The highest BCUT2D eigenvalue weighted by molar-refractivity contribution is 5.76. The van der Waals surface area contributed by atoms with Gasteiger partial charge < -0.3 is 15.5 Å². The zero-order valence-electron chi connectivity index (χ0n) is 34.6. The van der Waals surface area contributed by atoms with E-state index in [2.05, 4.69) is 31.3 Å². The van der Waals surface area contributed by atoms with Gasteiger partial charge in [-0.25, -0.2) is 0 Å². The maximum absolute atomic E-state index is 12.3. The summed E-state index contributed by atoms with van der Waals surface area (Å²) in [7, 11) is 0. The molecule has 0 rings (SSSR count). The topological polar surface area (TPSA) is 69.6 Å². The molecule has 0 saturated carbocycles. The first-order valence-corrected chi connectivity index (χ1v) is 23.1. The zero-order valence-corrected chi connectivity index (χ0v) is 34.6. The highest BCUT2D eigenvalue weighted by Gasteiger charge is 2.17. The van der Waals surface area contributed by atoms with Crippen molar-refractivity contribution in [1.29, 1.82) is 0 Å². The Bertz CT molecular complexity index is 735. The summed E-state index contributed by atoms with van der Waals surface area (Å²) in [5.41, 5.74) is 0. The van der Waals surface area contributed by atoms with Crippen molar-refractivity contribution in [1.82, 2.24) is 5.32 Å². The lowest BCUT2D eigenvalue weighted by molar-refractivity contribution is -0.123. The van der Waals surface area contributed by atoms with Crippen molar-refractivity contribution in [3.05, 3.63) is 24.3 Å². The molecule has 302 valence electrons. The Hall–Kier alpha value is -1.13. The van der Waals surface area contributed by atoms with E-state index in [1.165, 1.54) is 199 Å². The van der Waals surface area contributed by atoms with E-state index in [-0.39, 0.29) is 12.5 Å². The van der Waals surface area contributed by atoms with Crippen molar-refractivity contribution in [3.8, 4) is 0 Å². The molecule has 4 heteroatoms. The first-order chi connectivity index (χ1) is 25.2.